The summed E-state index contributed by atoms with van der Waals surface area (Å²) in [6.45, 7) is 9.27. The van der Waals surface area contributed by atoms with E-state index in [0.717, 1.165) is 0 Å². The van der Waals surface area contributed by atoms with Gasteiger partial charge in [-0.3, -0.25) is 0 Å². The fourth-order valence-electron chi connectivity index (χ4n) is 1.86. The van der Waals surface area contributed by atoms with E-state index in [2.05, 4.69) is 19.7 Å². The van der Waals surface area contributed by atoms with Crippen molar-refractivity contribution >= 4 is 20.9 Å². The van der Waals surface area contributed by atoms with E-state index >= 15 is 0 Å². The van der Waals surface area contributed by atoms with Crippen LogP contribution in [0.5, 0.6) is 0 Å². The third-order valence-corrected chi connectivity index (χ3v) is 2.76. The summed E-state index contributed by atoms with van der Waals surface area (Å²) in [5.74, 6) is 4.78. The maximum Gasteiger partial charge on any atom is 0.544 e. The summed E-state index contributed by atoms with van der Waals surface area (Å²) in [4.78, 5) is 0. The van der Waals surface area contributed by atoms with Gasteiger partial charge in [0.2, 0.25) is 0 Å². The minimum absolute atomic E-state index is 0.563. The quantitative estimate of drug-likeness (QED) is 0.736. The molecule has 1 aromatic rings. The molecule has 0 unspecified atom stereocenters. The van der Waals surface area contributed by atoms with E-state index in [9.17, 15) is 0 Å². The number of rotatable bonds is 4. The van der Waals surface area contributed by atoms with Crippen molar-refractivity contribution < 1.29 is 18.2 Å². The summed E-state index contributed by atoms with van der Waals surface area (Å²) in [7, 11) is -1.13. The minimum Gasteiger partial charge on any atom is -0.543 e. The van der Waals surface area contributed by atoms with Gasteiger partial charge < -0.3 is 18.2 Å². The van der Waals surface area contributed by atoms with Crippen molar-refractivity contribution in [3.8, 4) is 0 Å². The maximum absolute atomic E-state index is 5.79. The molecule has 0 saturated carbocycles. The zero-order valence-electron chi connectivity index (χ0n) is 10.1. The first-order chi connectivity index (χ1) is 8.74. The Morgan fingerprint density at radius 1 is 0.944 bits per heavy atom. The van der Waals surface area contributed by atoms with E-state index in [4.69, 9.17) is 13.7 Å². The van der Waals surface area contributed by atoms with Gasteiger partial charge in [0.1, 0.15) is 12.4 Å². The van der Waals surface area contributed by atoms with Crippen LogP contribution >= 0.6 is 0 Å². The molecule has 0 N–H and O–H groups in total. The molecule has 2 heterocycles. The Hall–Kier alpha value is -1.56. The van der Waals surface area contributed by atoms with Crippen LogP contribution in [0.4, 0.5) is 0 Å². The van der Waals surface area contributed by atoms with Crippen molar-refractivity contribution in [3.05, 3.63) is 68.3 Å². The van der Waals surface area contributed by atoms with Crippen molar-refractivity contribution in [2.75, 3.05) is 0 Å². The molecule has 2 rings (SSSR count). The highest BCUT2D eigenvalue weighted by atomic mass is 16.7. The fraction of sp³-hybridized carbons (Fsp3) is 0. The Labute approximate surface area is 108 Å². The van der Waals surface area contributed by atoms with Gasteiger partial charge in [-0.25, -0.2) is 0 Å². The van der Waals surface area contributed by atoms with Gasteiger partial charge in [-0.1, -0.05) is 18.0 Å². The summed E-state index contributed by atoms with van der Waals surface area (Å²) in [5.41, 5.74) is 0. The van der Waals surface area contributed by atoms with E-state index < -0.39 is 20.9 Å². The Balaban J connectivity index is 2.38. The normalized spacial score (nSPS) is 18.2. The van der Waals surface area contributed by atoms with Crippen LogP contribution in [0.2, 0.25) is 0 Å². The number of hydrogen-bond acceptors (Lipinski definition) is 3. The molecule has 0 aromatic carbocycles. The molecule has 0 amide bonds. The molecule has 4 nitrogen and oxygen atoms in total. The molecular weight excluding hydrogens is 227 g/mol. The van der Waals surface area contributed by atoms with Crippen LogP contribution < -0.4 is 4.48 Å². The van der Waals surface area contributed by atoms with Crippen LogP contribution in [-0.2, 0) is 13.7 Å². The van der Waals surface area contributed by atoms with Crippen LogP contribution in [0.25, 0.3) is 0 Å². The largest absolute Gasteiger partial charge is 0.544 e. The summed E-state index contributed by atoms with van der Waals surface area (Å²) >= 11 is 0. The van der Waals surface area contributed by atoms with Gasteiger partial charge >= 0.3 is 20.9 Å². The van der Waals surface area contributed by atoms with Crippen molar-refractivity contribution in [3.63, 3.8) is 0 Å². The third-order valence-electron chi connectivity index (χ3n) is 2.76. The number of hydrogen-bond donors (Lipinski definition) is 0. The Kier molecular flexibility index (Phi) is 3.86. The SMILES string of the molecule is C=CB1OB(C=C)O[B-](C=C)([n+]2ccccc2)O1. The smallest absolute Gasteiger partial charge is 0.543 e. The first-order valence-corrected chi connectivity index (χ1v) is 5.75. The molecule has 0 radical (unpaired) electrons. The van der Waals surface area contributed by atoms with E-state index in [1.807, 2.05) is 35.1 Å². The zero-order valence-corrected chi connectivity index (χ0v) is 10.1. The Morgan fingerprint density at radius 3 is 1.94 bits per heavy atom. The molecule has 0 atom stereocenters. The monoisotopic (exact) mass is 241 g/mol. The van der Waals surface area contributed by atoms with Gasteiger partial charge in [0.25, 0.3) is 0 Å². The number of aromatic nitrogens is 1. The molecule has 1 aliphatic rings. The van der Waals surface area contributed by atoms with Gasteiger partial charge in [-0.2, -0.15) is 0 Å². The van der Waals surface area contributed by atoms with Crippen molar-refractivity contribution in [2.45, 2.75) is 0 Å². The highest BCUT2D eigenvalue weighted by Crippen LogP contribution is 2.17. The van der Waals surface area contributed by atoms with Gasteiger partial charge in [0.15, 0.2) is 0 Å². The second-order valence-corrected chi connectivity index (χ2v) is 3.90. The lowest BCUT2D eigenvalue weighted by molar-refractivity contribution is -0.569. The molecule has 18 heavy (non-hydrogen) atoms. The lowest BCUT2D eigenvalue weighted by atomic mass is 9.61. The second-order valence-electron chi connectivity index (χ2n) is 3.90. The molecule has 1 aliphatic heterocycles. The van der Waals surface area contributed by atoms with Gasteiger partial charge in [0.05, 0.1) is 0 Å². The predicted octanol–water partition coefficient (Wildman–Crippen LogP) is 0.976. The van der Waals surface area contributed by atoms with Crippen LogP contribution in [0.15, 0.2) is 68.3 Å². The van der Waals surface area contributed by atoms with Crippen LogP contribution in [0, 0.1) is 0 Å². The van der Waals surface area contributed by atoms with Crippen LogP contribution in [0.1, 0.15) is 0 Å². The maximum atomic E-state index is 5.79. The lowest BCUT2D eigenvalue weighted by Crippen LogP contribution is -2.73. The van der Waals surface area contributed by atoms with Gasteiger partial charge in [-0.15, -0.1) is 25.7 Å². The summed E-state index contributed by atoms with van der Waals surface area (Å²) in [6.07, 6.45) is 3.71. The standard InChI is InChI=1S/C11H14B3NO3/c1-4-12-16-13(5-2)18-14(6-3,17-12)15-10-8-7-9-11-15/h4-11H,1-3H2. The number of nitrogens with zero attached hydrogens (tertiary/aromatic N) is 1. The summed E-state index contributed by atoms with van der Waals surface area (Å²) in [5, 5.41) is 0. The van der Waals surface area contributed by atoms with Crippen LogP contribution in [-0.4, -0.2) is 20.9 Å². The van der Waals surface area contributed by atoms with Crippen molar-refractivity contribution in [2.24, 2.45) is 0 Å². The van der Waals surface area contributed by atoms with Gasteiger partial charge in [-0.05, 0) is 12.1 Å². The number of pyridine rings is 1. The van der Waals surface area contributed by atoms with Crippen molar-refractivity contribution in [1.82, 2.24) is 0 Å². The second kappa shape index (κ2) is 5.39. The summed E-state index contributed by atoms with van der Waals surface area (Å²) in [6, 6.07) is 5.70. The molecule has 1 fully saturated rings. The summed E-state index contributed by atoms with van der Waals surface area (Å²) < 4.78 is 18.8. The predicted molar refractivity (Wildman–Crippen MR) is 73.1 cm³/mol. The van der Waals surface area contributed by atoms with E-state index in [0.29, 0.717) is 0 Å². The topological polar surface area (TPSA) is 31.6 Å². The lowest BCUT2D eigenvalue weighted by Gasteiger charge is -2.41. The van der Waals surface area contributed by atoms with Gasteiger partial charge in [0, 0.05) is 0 Å². The molecule has 1 aromatic heterocycles. The molecule has 1 saturated heterocycles. The Morgan fingerprint density at radius 2 is 1.50 bits per heavy atom. The molecule has 7 heteroatoms. The zero-order chi connectivity index (χ0) is 13.0. The first-order valence-electron chi connectivity index (χ1n) is 5.75. The molecule has 0 aliphatic carbocycles. The van der Waals surface area contributed by atoms with E-state index in [1.54, 1.807) is 17.9 Å². The molecule has 0 spiro atoms. The minimum atomic E-state index is -1.87. The fourth-order valence-corrected chi connectivity index (χ4v) is 1.86. The molecule has 0 bridgehead atoms. The average molecular weight is 241 g/mol. The first kappa shape index (κ1) is 12.9. The highest BCUT2D eigenvalue weighted by Gasteiger charge is 2.47. The van der Waals surface area contributed by atoms with Crippen LogP contribution in [0.3, 0.4) is 0 Å². The third kappa shape index (κ3) is 2.33. The van der Waals surface area contributed by atoms with E-state index in [1.165, 1.54) is 0 Å². The average Bonchev–Trinajstić information content (AvgIpc) is 2.47. The Bertz CT molecular complexity index is 438. The molecule has 90 valence electrons. The van der Waals surface area contributed by atoms with Crippen molar-refractivity contribution in [1.29, 1.82) is 0 Å². The highest BCUT2D eigenvalue weighted by molar-refractivity contribution is 6.83. The molecular formula is C11H14B3NO3. The van der Waals surface area contributed by atoms with E-state index in [-0.39, 0.29) is 0 Å².